The molecule has 0 unspecified atom stereocenters. The molecule has 22 heavy (non-hydrogen) atoms. The topological polar surface area (TPSA) is 56.7 Å². The smallest absolute Gasteiger partial charge is 0.254 e. The number of hydrogen-bond donors (Lipinski definition) is 1. The molecular weight excluding hydrogens is 298 g/mol. The molecule has 0 bridgehead atoms. The second-order valence-electron chi connectivity index (χ2n) is 5.45. The van der Waals surface area contributed by atoms with E-state index >= 15 is 0 Å². The first kappa shape index (κ1) is 14.8. The highest BCUT2D eigenvalue weighted by Crippen LogP contribution is 2.21. The van der Waals surface area contributed by atoms with Crippen LogP contribution in [0, 0.1) is 6.92 Å². The molecule has 1 saturated heterocycles. The van der Waals surface area contributed by atoms with Crippen molar-refractivity contribution in [2.45, 2.75) is 13.3 Å². The molecule has 3 rings (SSSR count). The summed E-state index contributed by atoms with van der Waals surface area (Å²) in [5.74, 6) is 0.154. The largest absolute Gasteiger partial charge is 0.508 e. The number of amides is 1. The molecule has 5 nitrogen and oxygen atoms in total. The lowest BCUT2D eigenvalue weighted by atomic mass is 10.1. The van der Waals surface area contributed by atoms with Crippen molar-refractivity contribution in [3.05, 3.63) is 40.9 Å². The molecule has 0 radical (unpaired) electrons. The van der Waals surface area contributed by atoms with Gasteiger partial charge in [0.2, 0.25) is 0 Å². The van der Waals surface area contributed by atoms with Crippen molar-refractivity contribution in [2.75, 3.05) is 31.1 Å². The van der Waals surface area contributed by atoms with Crippen molar-refractivity contribution in [1.29, 1.82) is 0 Å². The van der Waals surface area contributed by atoms with Crippen LogP contribution in [0.5, 0.6) is 5.75 Å². The zero-order valence-corrected chi connectivity index (χ0v) is 13.3. The number of phenols is 1. The lowest BCUT2D eigenvalue weighted by Crippen LogP contribution is -2.35. The third-order valence-corrected chi connectivity index (χ3v) is 4.76. The summed E-state index contributed by atoms with van der Waals surface area (Å²) in [6.07, 6.45) is 2.73. The molecular formula is C16H19N3O2S. The average molecular weight is 317 g/mol. The summed E-state index contributed by atoms with van der Waals surface area (Å²) >= 11 is 1.63. The van der Waals surface area contributed by atoms with Gasteiger partial charge in [0.1, 0.15) is 5.75 Å². The van der Waals surface area contributed by atoms with Gasteiger partial charge >= 0.3 is 0 Å². The number of carbonyl (C=O) groups excluding carboxylic acids is 1. The van der Waals surface area contributed by atoms with E-state index in [1.165, 1.54) is 0 Å². The number of phenolic OH excluding ortho intramolecular Hbond substituents is 1. The van der Waals surface area contributed by atoms with Gasteiger partial charge in [0.05, 0.1) is 0 Å². The van der Waals surface area contributed by atoms with Crippen LogP contribution in [0.25, 0.3) is 0 Å². The molecule has 6 heteroatoms. The van der Waals surface area contributed by atoms with E-state index in [9.17, 15) is 9.90 Å². The van der Waals surface area contributed by atoms with E-state index in [1.54, 1.807) is 29.5 Å². The molecule has 0 aliphatic carbocycles. The van der Waals surface area contributed by atoms with E-state index in [4.69, 9.17) is 0 Å². The van der Waals surface area contributed by atoms with E-state index < -0.39 is 0 Å². The number of rotatable bonds is 2. The van der Waals surface area contributed by atoms with Gasteiger partial charge in [-0.15, -0.1) is 11.3 Å². The van der Waals surface area contributed by atoms with Gasteiger partial charge in [0, 0.05) is 43.3 Å². The molecule has 1 aromatic carbocycles. The number of carbonyl (C=O) groups is 1. The average Bonchev–Trinajstić information content (AvgIpc) is 2.94. The van der Waals surface area contributed by atoms with E-state index in [0.29, 0.717) is 12.1 Å². The summed E-state index contributed by atoms with van der Waals surface area (Å²) in [6.45, 7) is 4.93. The fourth-order valence-electron chi connectivity index (χ4n) is 2.61. The van der Waals surface area contributed by atoms with Crippen molar-refractivity contribution in [3.8, 4) is 5.75 Å². The van der Waals surface area contributed by atoms with Crippen LogP contribution in [-0.2, 0) is 0 Å². The van der Waals surface area contributed by atoms with Crippen molar-refractivity contribution in [1.82, 2.24) is 9.88 Å². The molecule has 1 N–H and O–H groups in total. The van der Waals surface area contributed by atoms with Crippen molar-refractivity contribution < 1.29 is 9.90 Å². The number of thiazole rings is 1. The van der Waals surface area contributed by atoms with E-state index in [0.717, 1.165) is 36.8 Å². The number of benzene rings is 1. The molecule has 1 aliphatic rings. The Balaban J connectivity index is 1.70. The highest BCUT2D eigenvalue weighted by Gasteiger charge is 2.21. The maximum absolute atomic E-state index is 12.6. The van der Waals surface area contributed by atoms with E-state index in [-0.39, 0.29) is 11.7 Å². The van der Waals surface area contributed by atoms with Crippen LogP contribution in [0.4, 0.5) is 5.13 Å². The monoisotopic (exact) mass is 317 g/mol. The molecule has 1 aliphatic heterocycles. The Hall–Kier alpha value is -2.08. The Bertz CT molecular complexity index is 657. The third-order valence-electron chi connectivity index (χ3n) is 3.93. The lowest BCUT2D eigenvalue weighted by molar-refractivity contribution is 0.0766. The molecule has 0 saturated carbocycles. The van der Waals surface area contributed by atoms with E-state index in [1.807, 2.05) is 23.4 Å². The quantitative estimate of drug-likeness (QED) is 0.924. The van der Waals surface area contributed by atoms with Crippen molar-refractivity contribution in [2.24, 2.45) is 0 Å². The Morgan fingerprint density at radius 3 is 2.86 bits per heavy atom. The fourth-order valence-corrected chi connectivity index (χ4v) is 3.31. The summed E-state index contributed by atoms with van der Waals surface area (Å²) in [6, 6.07) is 5.12. The number of nitrogens with zero attached hydrogens (tertiary/aromatic N) is 3. The summed E-state index contributed by atoms with van der Waals surface area (Å²) in [5, 5.41) is 12.8. The highest BCUT2D eigenvalue weighted by molar-refractivity contribution is 7.13. The second kappa shape index (κ2) is 6.36. The van der Waals surface area contributed by atoms with Gasteiger partial charge in [-0.05, 0) is 31.0 Å². The third kappa shape index (κ3) is 3.06. The van der Waals surface area contributed by atoms with Gasteiger partial charge in [-0.3, -0.25) is 4.79 Å². The Morgan fingerprint density at radius 1 is 1.27 bits per heavy atom. The zero-order chi connectivity index (χ0) is 15.5. The van der Waals surface area contributed by atoms with Crippen molar-refractivity contribution in [3.63, 3.8) is 0 Å². The van der Waals surface area contributed by atoms with Crippen LogP contribution in [0.15, 0.2) is 29.8 Å². The van der Waals surface area contributed by atoms with Gasteiger partial charge in [-0.25, -0.2) is 4.98 Å². The van der Waals surface area contributed by atoms with Gasteiger partial charge in [-0.2, -0.15) is 0 Å². The summed E-state index contributed by atoms with van der Waals surface area (Å²) in [7, 11) is 0. The molecule has 116 valence electrons. The van der Waals surface area contributed by atoms with Gasteiger partial charge in [0.25, 0.3) is 5.91 Å². The zero-order valence-electron chi connectivity index (χ0n) is 12.5. The molecule has 1 amide bonds. The molecule has 0 atom stereocenters. The predicted octanol–water partition coefficient (Wildman–Crippen LogP) is 2.51. The highest BCUT2D eigenvalue weighted by atomic mass is 32.1. The van der Waals surface area contributed by atoms with E-state index in [2.05, 4.69) is 9.88 Å². The Labute approximate surface area is 133 Å². The molecule has 1 fully saturated rings. The molecule has 1 aromatic heterocycles. The minimum Gasteiger partial charge on any atom is -0.508 e. The lowest BCUT2D eigenvalue weighted by Gasteiger charge is -2.22. The first-order valence-corrected chi connectivity index (χ1v) is 8.26. The first-order valence-electron chi connectivity index (χ1n) is 7.38. The summed E-state index contributed by atoms with van der Waals surface area (Å²) in [5.41, 5.74) is 1.33. The number of hydrogen-bond acceptors (Lipinski definition) is 5. The van der Waals surface area contributed by atoms with Crippen LogP contribution in [0.2, 0.25) is 0 Å². The van der Waals surface area contributed by atoms with Crippen LogP contribution >= 0.6 is 11.3 Å². The van der Waals surface area contributed by atoms with Crippen LogP contribution in [0.3, 0.4) is 0 Å². The first-order chi connectivity index (χ1) is 10.6. The standard InChI is InChI=1S/C16H19N3O2S/c1-12-3-4-13(11-14(12)20)15(21)18-6-2-7-19(9-8-18)16-17-5-10-22-16/h3-5,10-11,20H,2,6-9H2,1H3. The molecule has 0 spiro atoms. The molecule has 2 heterocycles. The predicted molar refractivity (Wildman–Crippen MR) is 87.7 cm³/mol. The summed E-state index contributed by atoms with van der Waals surface area (Å²) < 4.78 is 0. The Kier molecular flexibility index (Phi) is 4.29. The molecule has 2 aromatic rings. The number of aryl methyl sites for hydroxylation is 1. The van der Waals surface area contributed by atoms with Crippen LogP contribution in [0.1, 0.15) is 22.3 Å². The van der Waals surface area contributed by atoms with Crippen molar-refractivity contribution >= 4 is 22.4 Å². The van der Waals surface area contributed by atoms with Gasteiger partial charge < -0.3 is 14.9 Å². The minimum absolute atomic E-state index is 0.0173. The number of aromatic nitrogens is 1. The van der Waals surface area contributed by atoms with Gasteiger partial charge in [-0.1, -0.05) is 6.07 Å². The number of aromatic hydroxyl groups is 1. The maximum atomic E-state index is 12.6. The maximum Gasteiger partial charge on any atom is 0.254 e. The Morgan fingerprint density at radius 2 is 2.14 bits per heavy atom. The fraction of sp³-hybridized carbons (Fsp3) is 0.375. The number of anilines is 1. The second-order valence-corrected chi connectivity index (χ2v) is 6.32. The van der Waals surface area contributed by atoms with Gasteiger partial charge in [0.15, 0.2) is 5.13 Å². The van der Waals surface area contributed by atoms with Crippen LogP contribution < -0.4 is 4.90 Å². The SMILES string of the molecule is Cc1ccc(C(=O)N2CCCN(c3nccs3)CC2)cc1O. The summed E-state index contributed by atoms with van der Waals surface area (Å²) in [4.78, 5) is 21.0. The van der Waals surface area contributed by atoms with Crippen LogP contribution in [-0.4, -0.2) is 47.1 Å². The minimum atomic E-state index is -0.0173. The normalized spacial score (nSPS) is 15.7.